The van der Waals surface area contributed by atoms with E-state index in [1.54, 1.807) is 12.1 Å². The molecule has 3 rings (SSSR count). The van der Waals surface area contributed by atoms with Gasteiger partial charge in [-0.15, -0.1) is 0 Å². The lowest BCUT2D eigenvalue weighted by molar-refractivity contribution is 0.577. The lowest BCUT2D eigenvalue weighted by atomic mass is 9.92. The summed E-state index contributed by atoms with van der Waals surface area (Å²) < 4.78 is 27.7. The summed E-state index contributed by atoms with van der Waals surface area (Å²) in [5.41, 5.74) is 2.34. The Labute approximate surface area is 114 Å². The summed E-state index contributed by atoms with van der Waals surface area (Å²) in [7, 11) is 0. The highest BCUT2D eigenvalue weighted by atomic mass is 35.5. The van der Waals surface area contributed by atoms with E-state index < -0.39 is 11.6 Å². The number of hydrogen-bond donors (Lipinski definition) is 1. The maximum absolute atomic E-state index is 13.9. The van der Waals surface area contributed by atoms with E-state index in [1.807, 2.05) is 0 Å². The topological polar surface area (TPSA) is 24.9 Å². The quantitative estimate of drug-likeness (QED) is 0.867. The predicted octanol–water partition coefficient (Wildman–Crippen LogP) is 3.33. The molecule has 19 heavy (non-hydrogen) atoms. The van der Waals surface area contributed by atoms with Crippen LogP contribution in [0.25, 0.3) is 11.1 Å². The highest BCUT2D eigenvalue weighted by molar-refractivity contribution is 6.31. The molecular weight excluding hydrogens is 270 g/mol. The summed E-state index contributed by atoms with van der Waals surface area (Å²) in [6, 6.07) is 3.36. The van der Waals surface area contributed by atoms with Gasteiger partial charge < -0.3 is 5.32 Å². The zero-order chi connectivity index (χ0) is 13.4. The lowest BCUT2D eigenvalue weighted by Gasteiger charge is -2.22. The third-order valence-corrected chi connectivity index (χ3v) is 3.70. The van der Waals surface area contributed by atoms with E-state index in [4.69, 9.17) is 11.6 Å². The molecule has 0 unspecified atom stereocenters. The Hall–Kier alpha value is -1.52. The average Bonchev–Trinajstić information content (AvgIpc) is 2.41. The highest BCUT2D eigenvalue weighted by Gasteiger charge is 2.21. The molecule has 0 radical (unpaired) electrons. The number of nitrogens with one attached hydrogen (secondary N) is 1. The number of halogens is 3. The molecule has 2 nitrogen and oxygen atoms in total. The molecular formula is C14H11ClF2N2. The molecule has 1 N–H and O–H groups in total. The van der Waals surface area contributed by atoms with Crippen LogP contribution in [0.15, 0.2) is 24.5 Å². The van der Waals surface area contributed by atoms with Gasteiger partial charge in [-0.25, -0.2) is 8.78 Å². The van der Waals surface area contributed by atoms with Crippen molar-refractivity contribution in [3.63, 3.8) is 0 Å². The molecule has 1 aromatic heterocycles. The number of aromatic nitrogens is 1. The van der Waals surface area contributed by atoms with Crippen LogP contribution in [0.3, 0.4) is 0 Å². The Morgan fingerprint density at radius 3 is 2.58 bits per heavy atom. The Balaban J connectivity index is 2.26. The second kappa shape index (κ2) is 4.87. The molecule has 1 aromatic carbocycles. The molecule has 1 aliphatic rings. The molecule has 0 aliphatic carbocycles. The van der Waals surface area contributed by atoms with Crippen LogP contribution < -0.4 is 5.32 Å². The molecule has 0 amide bonds. The van der Waals surface area contributed by atoms with Crippen LogP contribution in [0.2, 0.25) is 5.02 Å². The van der Waals surface area contributed by atoms with Crippen molar-refractivity contribution in [2.24, 2.45) is 0 Å². The first-order valence-electron chi connectivity index (χ1n) is 5.99. The number of pyridine rings is 1. The van der Waals surface area contributed by atoms with E-state index in [-0.39, 0.29) is 5.56 Å². The largest absolute Gasteiger partial charge is 0.312 e. The standard InChI is InChI=1S/C14H11ClF2N2/c15-11-2-1-9(10-5-18-4-3-8(10)11)14-12(16)6-19-7-13(14)17/h1-2,6-7,18H,3-5H2. The maximum atomic E-state index is 13.9. The van der Waals surface area contributed by atoms with Gasteiger partial charge in [0, 0.05) is 11.6 Å². The number of nitrogens with zero attached hydrogens (tertiary/aromatic N) is 1. The third-order valence-electron chi connectivity index (χ3n) is 3.35. The molecule has 0 spiro atoms. The summed E-state index contributed by atoms with van der Waals surface area (Å²) in [6.45, 7) is 1.38. The van der Waals surface area contributed by atoms with Crippen molar-refractivity contribution >= 4 is 11.6 Å². The number of hydrogen-bond acceptors (Lipinski definition) is 2. The number of fused-ring (bicyclic) bond motifs is 1. The van der Waals surface area contributed by atoms with E-state index in [0.29, 0.717) is 17.1 Å². The van der Waals surface area contributed by atoms with Gasteiger partial charge >= 0.3 is 0 Å². The summed E-state index contributed by atoms with van der Waals surface area (Å²) in [5.74, 6) is -1.31. The Kier molecular flexibility index (Phi) is 3.21. The summed E-state index contributed by atoms with van der Waals surface area (Å²) >= 11 is 6.15. The van der Waals surface area contributed by atoms with Crippen LogP contribution >= 0.6 is 11.6 Å². The van der Waals surface area contributed by atoms with Crippen molar-refractivity contribution in [2.75, 3.05) is 6.54 Å². The normalized spacial score (nSPS) is 14.3. The van der Waals surface area contributed by atoms with Gasteiger partial charge in [-0.2, -0.15) is 0 Å². The summed E-state index contributed by atoms with van der Waals surface area (Å²) in [4.78, 5) is 3.51. The molecule has 0 saturated heterocycles. The van der Waals surface area contributed by atoms with E-state index in [1.165, 1.54) is 0 Å². The molecule has 2 aromatic rings. The van der Waals surface area contributed by atoms with E-state index in [0.717, 1.165) is 36.5 Å². The van der Waals surface area contributed by atoms with Crippen molar-refractivity contribution in [2.45, 2.75) is 13.0 Å². The predicted molar refractivity (Wildman–Crippen MR) is 70.0 cm³/mol. The Morgan fingerprint density at radius 2 is 1.84 bits per heavy atom. The fraction of sp³-hybridized carbons (Fsp3) is 0.214. The van der Waals surface area contributed by atoms with E-state index >= 15 is 0 Å². The highest BCUT2D eigenvalue weighted by Crippen LogP contribution is 2.34. The second-order valence-electron chi connectivity index (χ2n) is 4.46. The van der Waals surface area contributed by atoms with Gasteiger partial charge in [0.25, 0.3) is 0 Å². The van der Waals surface area contributed by atoms with Crippen molar-refractivity contribution in [3.05, 3.63) is 52.3 Å². The number of benzene rings is 1. The maximum Gasteiger partial charge on any atom is 0.152 e. The van der Waals surface area contributed by atoms with Gasteiger partial charge in [-0.1, -0.05) is 17.7 Å². The van der Waals surface area contributed by atoms with Crippen LogP contribution in [0.4, 0.5) is 8.78 Å². The van der Waals surface area contributed by atoms with Crippen molar-refractivity contribution in [1.29, 1.82) is 0 Å². The van der Waals surface area contributed by atoms with Gasteiger partial charge in [0.2, 0.25) is 0 Å². The van der Waals surface area contributed by atoms with Gasteiger partial charge in [-0.05, 0) is 35.7 Å². The summed E-state index contributed by atoms with van der Waals surface area (Å²) in [6.07, 6.45) is 2.81. The fourth-order valence-corrected chi connectivity index (χ4v) is 2.74. The molecule has 0 atom stereocenters. The first-order chi connectivity index (χ1) is 9.18. The van der Waals surface area contributed by atoms with Crippen molar-refractivity contribution < 1.29 is 8.78 Å². The lowest BCUT2D eigenvalue weighted by Crippen LogP contribution is -2.24. The SMILES string of the molecule is Fc1cncc(F)c1-c1ccc(Cl)c2c1CNCC2. The van der Waals surface area contributed by atoms with Crippen molar-refractivity contribution in [3.8, 4) is 11.1 Å². The van der Waals surface area contributed by atoms with Crippen LogP contribution in [-0.4, -0.2) is 11.5 Å². The molecule has 2 heterocycles. The first kappa shape index (κ1) is 12.5. The average molecular weight is 281 g/mol. The smallest absolute Gasteiger partial charge is 0.152 e. The fourth-order valence-electron chi connectivity index (χ4n) is 2.47. The van der Waals surface area contributed by atoms with E-state index in [9.17, 15) is 8.78 Å². The zero-order valence-corrected chi connectivity index (χ0v) is 10.8. The molecule has 0 bridgehead atoms. The molecule has 0 saturated carbocycles. The molecule has 1 aliphatic heterocycles. The minimum Gasteiger partial charge on any atom is -0.312 e. The molecule has 98 valence electrons. The summed E-state index contributed by atoms with van der Waals surface area (Å²) in [5, 5.41) is 3.85. The Morgan fingerprint density at radius 1 is 1.11 bits per heavy atom. The van der Waals surface area contributed by atoms with Gasteiger partial charge in [-0.3, -0.25) is 4.98 Å². The first-order valence-corrected chi connectivity index (χ1v) is 6.36. The molecule has 0 fully saturated rings. The van der Waals surface area contributed by atoms with Crippen LogP contribution in [0.5, 0.6) is 0 Å². The monoisotopic (exact) mass is 280 g/mol. The minimum atomic E-state index is -0.657. The van der Waals surface area contributed by atoms with Crippen LogP contribution in [0.1, 0.15) is 11.1 Å². The number of rotatable bonds is 1. The van der Waals surface area contributed by atoms with Gasteiger partial charge in [0.05, 0.1) is 18.0 Å². The third kappa shape index (κ3) is 2.11. The molecule has 5 heteroatoms. The van der Waals surface area contributed by atoms with Crippen LogP contribution in [0, 0.1) is 11.6 Å². The van der Waals surface area contributed by atoms with E-state index in [2.05, 4.69) is 10.3 Å². The van der Waals surface area contributed by atoms with Gasteiger partial charge in [0.1, 0.15) is 0 Å². The zero-order valence-electron chi connectivity index (χ0n) is 10.0. The van der Waals surface area contributed by atoms with Gasteiger partial charge in [0.15, 0.2) is 11.6 Å². The van der Waals surface area contributed by atoms with Crippen LogP contribution in [-0.2, 0) is 13.0 Å². The second-order valence-corrected chi connectivity index (χ2v) is 4.86. The van der Waals surface area contributed by atoms with Crippen molar-refractivity contribution in [1.82, 2.24) is 10.3 Å². The minimum absolute atomic E-state index is 0.0355. The Bertz CT molecular complexity index is 623.